The molecule has 0 spiro atoms. The summed E-state index contributed by atoms with van der Waals surface area (Å²) < 4.78 is 2.20. The van der Waals surface area contributed by atoms with Crippen LogP contribution in [0.25, 0.3) is 10.9 Å². The van der Waals surface area contributed by atoms with E-state index in [0.717, 1.165) is 11.8 Å². The molecule has 0 radical (unpaired) electrons. The van der Waals surface area contributed by atoms with Gasteiger partial charge in [-0.05, 0) is 44.2 Å². The van der Waals surface area contributed by atoms with Crippen LogP contribution in [0.5, 0.6) is 0 Å². The minimum absolute atomic E-state index is 0.389. The van der Waals surface area contributed by atoms with Crippen LogP contribution < -0.4 is 0 Å². The molecule has 1 aromatic heterocycles. The average molecular weight is 227 g/mol. The lowest BCUT2D eigenvalue weighted by atomic mass is 10.0. The van der Waals surface area contributed by atoms with Crippen LogP contribution in [0.1, 0.15) is 54.6 Å². The first-order chi connectivity index (χ1) is 8.22. The summed E-state index contributed by atoms with van der Waals surface area (Å²) in [6, 6.07) is 6.80. The normalized spacial score (nSPS) is 15.7. The summed E-state index contributed by atoms with van der Waals surface area (Å²) in [5.74, 6) is 0.681. The molecule has 17 heavy (non-hydrogen) atoms. The number of hydrogen-bond acceptors (Lipinski definition) is 1. The SMILES string of the molecule is CC(C)n1cc(C=O)c2c(C3CC3)cccc21. The van der Waals surface area contributed by atoms with Gasteiger partial charge in [0, 0.05) is 28.7 Å². The van der Waals surface area contributed by atoms with Gasteiger partial charge in [0.05, 0.1) is 0 Å². The van der Waals surface area contributed by atoms with Crippen LogP contribution in [0.2, 0.25) is 0 Å². The number of rotatable bonds is 3. The summed E-state index contributed by atoms with van der Waals surface area (Å²) in [7, 11) is 0. The van der Waals surface area contributed by atoms with E-state index in [1.807, 2.05) is 6.20 Å². The highest BCUT2D eigenvalue weighted by molar-refractivity contribution is 6.00. The lowest BCUT2D eigenvalue weighted by molar-refractivity contribution is 0.112. The summed E-state index contributed by atoms with van der Waals surface area (Å²) in [6.45, 7) is 4.30. The number of aldehydes is 1. The Morgan fingerprint density at radius 3 is 2.71 bits per heavy atom. The minimum Gasteiger partial charge on any atom is -0.344 e. The second-order valence-electron chi connectivity index (χ2n) is 5.22. The zero-order chi connectivity index (χ0) is 12.0. The Morgan fingerprint density at radius 2 is 2.12 bits per heavy atom. The molecular weight excluding hydrogens is 210 g/mol. The van der Waals surface area contributed by atoms with Crippen molar-refractivity contribution in [2.75, 3.05) is 0 Å². The summed E-state index contributed by atoms with van der Waals surface area (Å²) in [5.41, 5.74) is 3.41. The molecule has 1 aliphatic rings. The van der Waals surface area contributed by atoms with Gasteiger partial charge in [0.15, 0.2) is 6.29 Å². The highest BCUT2D eigenvalue weighted by atomic mass is 16.1. The molecule has 1 aromatic carbocycles. The molecule has 3 rings (SSSR count). The molecule has 1 heterocycles. The van der Waals surface area contributed by atoms with E-state index < -0.39 is 0 Å². The maximum absolute atomic E-state index is 11.2. The van der Waals surface area contributed by atoms with Gasteiger partial charge < -0.3 is 4.57 Å². The molecule has 2 heteroatoms. The van der Waals surface area contributed by atoms with Gasteiger partial charge in [-0.3, -0.25) is 4.79 Å². The largest absolute Gasteiger partial charge is 0.344 e. The van der Waals surface area contributed by atoms with Gasteiger partial charge in [0.1, 0.15) is 0 Å². The zero-order valence-corrected chi connectivity index (χ0v) is 10.3. The first kappa shape index (κ1) is 10.6. The van der Waals surface area contributed by atoms with Gasteiger partial charge in [0.25, 0.3) is 0 Å². The fraction of sp³-hybridized carbons (Fsp3) is 0.400. The fourth-order valence-corrected chi connectivity index (χ4v) is 2.62. The summed E-state index contributed by atoms with van der Waals surface area (Å²) in [6.07, 6.45) is 5.52. The van der Waals surface area contributed by atoms with E-state index in [0.29, 0.717) is 12.0 Å². The van der Waals surface area contributed by atoms with Crippen LogP contribution in [-0.4, -0.2) is 10.9 Å². The molecule has 2 nitrogen and oxygen atoms in total. The van der Waals surface area contributed by atoms with E-state index in [1.54, 1.807) is 0 Å². The summed E-state index contributed by atoms with van der Waals surface area (Å²) in [5, 5.41) is 1.18. The van der Waals surface area contributed by atoms with Crippen LogP contribution in [0.4, 0.5) is 0 Å². The number of carbonyl (C=O) groups excluding carboxylic acids is 1. The maximum atomic E-state index is 11.2. The van der Waals surface area contributed by atoms with E-state index in [4.69, 9.17) is 0 Å². The molecule has 2 aromatic rings. The number of nitrogens with zero attached hydrogens (tertiary/aromatic N) is 1. The predicted molar refractivity (Wildman–Crippen MR) is 69.7 cm³/mol. The van der Waals surface area contributed by atoms with E-state index in [9.17, 15) is 4.79 Å². The van der Waals surface area contributed by atoms with Gasteiger partial charge >= 0.3 is 0 Å². The van der Waals surface area contributed by atoms with Crippen molar-refractivity contribution in [3.05, 3.63) is 35.5 Å². The van der Waals surface area contributed by atoms with Crippen molar-refractivity contribution in [2.24, 2.45) is 0 Å². The van der Waals surface area contributed by atoms with Crippen molar-refractivity contribution in [2.45, 2.75) is 38.6 Å². The second kappa shape index (κ2) is 3.73. The highest BCUT2D eigenvalue weighted by Gasteiger charge is 2.27. The van der Waals surface area contributed by atoms with Crippen LogP contribution in [0, 0.1) is 0 Å². The van der Waals surface area contributed by atoms with Crippen molar-refractivity contribution < 1.29 is 4.79 Å². The van der Waals surface area contributed by atoms with E-state index >= 15 is 0 Å². The Kier molecular flexibility index (Phi) is 2.32. The maximum Gasteiger partial charge on any atom is 0.152 e. The molecule has 0 atom stereocenters. The third-order valence-electron chi connectivity index (χ3n) is 3.62. The third-order valence-corrected chi connectivity index (χ3v) is 3.62. The monoisotopic (exact) mass is 227 g/mol. The Balaban J connectivity index is 2.34. The Morgan fingerprint density at radius 1 is 1.35 bits per heavy atom. The quantitative estimate of drug-likeness (QED) is 0.728. The number of carbonyl (C=O) groups is 1. The third kappa shape index (κ3) is 1.59. The first-order valence-corrected chi connectivity index (χ1v) is 6.31. The molecule has 0 N–H and O–H groups in total. The van der Waals surface area contributed by atoms with E-state index in [2.05, 4.69) is 36.6 Å². The molecule has 1 aliphatic carbocycles. The van der Waals surface area contributed by atoms with Gasteiger partial charge in [-0.25, -0.2) is 0 Å². The molecule has 1 fully saturated rings. The first-order valence-electron chi connectivity index (χ1n) is 6.31. The molecular formula is C15H17NO. The van der Waals surface area contributed by atoms with Gasteiger partial charge in [-0.2, -0.15) is 0 Å². The summed E-state index contributed by atoms with van der Waals surface area (Å²) in [4.78, 5) is 11.2. The summed E-state index contributed by atoms with van der Waals surface area (Å²) >= 11 is 0. The number of hydrogen-bond donors (Lipinski definition) is 0. The Labute approximate surface area is 101 Å². The van der Waals surface area contributed by atoms with Crippen LogP contribution in [0.3, 0.4) is 0 Å². The van der Waals surface area contributed by atoms with Crippen molar-refractivity contribution in [1.82, 2.24) is 4.57 Å². The fourth-order valence-electron chi connectivity index (χ4n) is 2.62. The topological polar surface area (TPSA) is 22.0 Å². The number of benzene rings is 1. The Bertz CT molecular complexity index is 576. The molecule has 1 saturated carbocycles. The van der Waals surface area contributed by atoms with Crippen molar-refractivity contribution in [1.29, 1.82) is 0 Å². The predicted octanol–water partition coefficient (Wildman–Crippen LogP) is 3.91. The van der Waals surface area contributed by atoms with Gasteiger partial charge in [-0.1, -0.05) is 12.1 Å². The molecule has 0 unspecified atom stereocenters. The molecule has 0 aliphatic heterocycles. The van der Waals surface area contributed by atoms with Gasteiger partial charge in [0.2, 0.25) is 0 Å². The number of aromatic nitrogens is 1. The van der Waals surface area contributed by atoms with Gasteiger partial charge in [-0.15, -0.1) is 0 Å². The smallest absolute Gasteiger partial charge is 0.152 e. The molecule has 0 bridgehead atoms. The van der Waals surface area contributed by atoms with Crippen molar-refractivity contribution in [3.8, 4) is 0 Å². The van der Waals surface area contributed by atoms with E-state index in [-0.39, 0.29) is 0 Å². The van der Waals surface area contributed by atoms with Crippen LogP contribution >= 0.6 is 0 Å². The van der Waals surface area contributed by atoms with Crippen LogP contribution in [-0.2, 0) is 0 Å². The molecule has 0 saturated heterocycles. The van der Waals surface area contributed by atoms with E-state index in [1.165, 1.54) is 29.3 Å². The Hall–Kier alpha value is -1.57. The molecule has 0 amide bonds. The lowest BCUT2D eigenvalue weighted by Crippen LogP contribution is -1.98. The highest BCUT2D eigenvalue weighted by Crippen LogP contribution is 2.44. The number of fused-ring (bicyclic) bond motifs is 1. The standard InChI is InChI=1S/C15H17NO/c1-10(2)16-8-12(9-17)15-13(11-6-7-11)4-3-5-14(15)16/h3-5,8-11H,6-7H2,1-2H3. The van der Waals surface area contributed by atoms with Crippen molar-refractivity contribution in [3.63, 3.8) is 0 Å². The van der Waals surface area contributed by atoms with Crippen LogP contribution in [0.15, 0.2) is 24.4 Å². The average Bonchev–Trinajstić information content (AvgIpc) is 3.08. The van der Waals surface area contributed by atoms with Crippen molar-refractivity contribution >= 4 is 17.2 Å². The molecule has 88 valence electrons. The second-order valence-corrected chi connectivity index (χ2v) is 5.22. The zero-order valence-electron chi connectivity index (χ0n) is 10.3. The minimum atomic E-state index is 0.389. The lowest BCUT2D eigenvalue weighted by Gasteiger charge is -2.09.